The first kappa shape index (κ1) is 14.2. The van der Waals surface area contributed by atoms with Crippen molar-refractivity contribution in [2.24, 2.45) is 0 Å². The molecular formula is C9H9IN2O2S. The Bertz CT molecular complexity index is 370. The summed E-state index contributed by atoms with van der Waals surface area (Å²) < 4.78 is 0. The van der Waals surface area contributed by atoms with Gasteiger partial charge in [0, 0.05) is 27.3 Å². The molecule has 1 heterocycles. The van der Waals surface area contributed by atoms with Gasteiger partial charge in [-0.15, -0.1) is 0 Å². The smallest absolute Gasteiger partial charge is 0.258 e. The van der Waals surface area contributed by atoms with E-state index < -0.39 is 4.92 Å². The third-order valence-corrected chi connectivity index (χ3v) is 2.02. The molecule has 0 amide bonds. The minimum Gasteiger partial charge on any atom is -0.258 e. The first-order valence-corrected chi connectivity index (χ1v) is 7.49. The number of aromatic nitrogens is 1. The van der Waals surface area contributed by atoms with E-state index in [0.717, 1.165) is 0 Å². The van der Waals surface area contributed by atoms with Gasteiger partial charge in [0.15, 0.2) is 0 Å². The summed E-state index contributed by atoms with van der Waals surface area (Å²) in [7, 11) is 1.34. The molecule has 0 N–H and O–H groups in total. The number of nitrogens with zero attached hydrogens (tertiary/aromatic N) is 2. The van der Waals surface area contributed by atoms with Crippen molar-refractivity contribution >= 4 is 35.8 Å². The van der Waals surface area contributed by atoms with Gasteiger partial charge in [-0.2, -0.15) is 0 Å². The Morgan fingerprint density at radius 3 is 2.60 bits per heavy atom. The first-order chi connectivity index (χ1) is 7.24. The molecule has 0 bridgehead atoms. The van der Waals surface area contributed by atoms with Gasteiger partial charge in [0.1, 0.15) is 11.9 Å². The Kier molecular flexibility index (Phi) is 8.04. The number of hydrogen-bond acceptors (Lipinski definition) is 4. The van der Waals surface area contributed by atoms with Crippen molar-refractivity contribution in [1.29, 1.82) is 0 Å². The average Bonchev–Trinajstić information content (AvgIpc) is 2.29. The molecule has 0 spiro atoms. The second-order valence-electron chi connectivity index (χ2n) is 1.96. The van der Waals surface area contributed by atoms with Crippen molar-refractivity contribution < 1.29 is 4.92 Å². The molecule has 0 radical (unpaired) electrons. The zero-order chi connectivity index (χ0) is 11.7. The van der Waals surface area contributed by atoms with Gasteiger partial charge in [0.25, 0.3) is 5.69 Å². The van der Waals surface area contributed by atoms with Gasteiger partial charge in [-0.25, -0.2) is 4.98 Å². The lowest BCUT2D eigenvalue weighted by molar-refractivity contribution is -0.385. The van der Waals surface area contributed by atoms with Crippen molar-refractivity contribution in [3.8, 4) is 11.2 Å². The van der Waals surface area contributed by atoms with Crippen LogP contribution in [0.4, 0.5) is 5.69 Å². The standard InChI is InChI=1S/C7H3IN2O2S.C2H6/c8-13-4-3-6-1-2-7(5-9-6)10(11)12;1-2/h1-2,5H;1-2H3. The predicted molar refractivity (Wildman–Crippen MR) is 70.7 cm³/mol. The van der Waals surface area contributed by atoms with Gasteiger partial charge < -0.3 is 0 Å². The molecule has 1 rings (SSSR count). The van der Waals surface area contributed by atoms with Crippen LogP contribution < -0.4 is 0 Å². The maximum atomic E-state index is 10.3. The molecule has 0 saturated heterocycles. The van der Waals surface area contributed by atoms with Crippen LogP contribution in [0.25, 0.3) is 0 Å². The van der Waals surface area contributed by atoms with Gasteiger partial charge in [-0.05, 0) is 26.2 Å². The Hall–Kier alpha value is -0.810. The highest BCUT2D eigenvalue weighted by molar-refractivity contribution is 14.2. The van der Waals surface area contributed by atoms with Crippen LogP contribution in [0.3, 0.4) is 0 Å². The lowest BCUT2D eigenvalue weighted by Crippen LogP contribution is -1.89. The van der Waals surface area contributed by atoms with Crippen molar-refractivity contribution in [2.45, 2.75) is 13.8 Å². The molecule has 1 aromatic rings. The summed E-state index contributed by atoms with van der Waals surface area (Å²) in [6.07, 6.45) is 1.20. The molecule has 0 aliphatic heterocycles. The molecule has 0 aliphatic carbocycles. The Balaban J connectivity index is 0.000000921. The van der Waals surface area contributed by atoms with Crippen molar-refractivity contribution in [3.05, 3.63) is 34.1 Å². The molecule has 0 unspecified atom stereocenters. The van der Waals surface area contributed by atoms with E-state index in [4.69, 9.17) is 0 Å². The highest BCUT2D eigenvalue weighted by atomic mass is 127. The summed E-state index contributed by atoms with van der Waals surface area (Å²) in [6, 6.07) is 2.91. The minimum atomic E-state index is -0.489. The van der Waals surface area contributed by atoms with Crippen LogP contribution in [0.5, 0.6) is 0 Å². The van der Waals surface area contributed by atoms with Crippen molar-refractivity contribution in [3.63, 3.8) is 0 Å². The summed E-state index contributed by atoms with van der Waals surface area (Å²) in [5.74, 6) is 2.73. The molecular weight excluding hydrogens is 327 g/mol. The fourth-order valence-electron chi connectivity index (χ4n) is 0.640. The third-order valence-electron chi connectivity index (χ3n) is 1.18. The van der Waals surface area contributed by atoms with Crippen LogP contribution >= 0.6 is 30.1 Å². The number of hydrogen-bond donors (Lipinski definition) is 0. The van der Waals surface area contributed by atoms with Gasteiger partial charge in [-0.1, -0.05) is 13.8 Å². The molecule has 15 heavy (non-hydrogen) atoms. The number of rotatable bonds is 1. The summed E-state index contributed by atoms with van der Waals surface area (Å²) in [4.78, 5) is 13.6. The Labute approximate surface area is 105 Å². The van der Waals surface area contributed by atoms with E-state index in [0.29, 0.717) is 5.69 Å². The van der Waals surface area contributed by atoms with Crippen molar-refractivity contribution in [2.75, 3.05) is 0 Å². The van der Waals surface area contributed by atoms with Crippen LogP contribution in [0.1, 0.15) is 19.5 Å². The van der Waals surface area contributed by atoms with Crippen LogP contribution in [0.15, 0.2) is 18.3 Å². The fourth-order valence-corrected chi connectivity index (χ4v) is 1.11. The molecule has 6 heteroatoms. The number of halogens is 1. The molecule has 0 atom stereocenters. The van der Waals surface area contributed by atoms with E-state index in [1.54, 1.807) is 0 Å². The largest absolute Gasteiger partial charge is 0.287 e. The Morgan fingerprint density at radius 2 is 2.20 bits per heavy atom. The third kappa shape index (κ3) is 5.59. The highest BCUT2D eigenvalue weighted by Gasteiger charge is 2.03. The zero-order valence-corrected chi connectivity index (χ0v) is 11.2. The monoisotopic (exact) mass is 336 g/mol. The zero-order valence-electron chi connectivity index (χ0n) is 8.23. The van der Waals surface area contributed by atoms with E-state index in [2.05, 4.69) is 16.2 Å². The average molecular weight is 336 g/mol. The van der Waals surface area contributed by atoms with E-state index in [9.17, 15) is 10.1 Å². The lowest BCUT2D eigenvalue weighted by atomic mass is 10.3. The van der Waals surface area contributed by atoms with E-state index in [1.807, 2.05) is 35.1 Å². The maximum absolute atomic E-state index is 10.3. The molecule has 1 aromatic heterocycles. The van der Waals surface area contributed by atoms with E-state index in [-0.39, 0.29) is 5.69 Å². The van der Waals surface area contributed by atoms with Gasteiger partial charge >= 0.3 is 0 Å². The number of pyridine rings is 1. The summed E-state index contributed by atoms with van der Waals surface area (Å²) in [6.45, 7) is 4.00. The topological polar surface area (TPSA) is 56.0 Å². The first-order valence-electron chi connectivity index (χ1n) is 4.13. The van der Waals surface area contributed by atoms with E-state index in [1.165, 1.54) is 27.3 Å². The molecule has 4 nitrogen and oxygen atoms in total. The quantitative estimate of drug-likeness (QED) is 0.341. The van der Waals surface area contributed by atoms with Crippen LogP contribution in [-0.4, -0.2) is 9.91 Å². The predicted octanol–water partition coefficient (Wildman–Crippen LogP) is 3.41. The molecule has 0 aromatic carbocycles. The lowest BCUT2D eigenvalue weighted by Gasteiger charge is -1.89. The molecule has 0 saturated carbocycles. The minimum absolute atomic E-state index is 0.0207. The maximum Gasteiger partial charge on any atom is 0.287 e. The van der Waals surface area contributed by atoms with Crippen molar-refractivity contribution in [1.82, 2.24) is 4.98 Å². The second kappa shape index (κ2) is 8.49. The van der Waals surface area contributed by atoms with Gasteiger partial charge in [-0.3, -0.25) is 10.1 Å². The fraction of sp³-hybridized carbons (Fsp3) is 0.222. The highest BCUT2D eigenvalue weighted by Crippen LogP contribution is 2.10. The summed E-state index contributed by atoms with van der Waals surface area (Å²) in [5.41, 5.74) is 0.516. The van der Waals surface area contributed by atoms with Crippen LogP contribution in [-0.2, 0) is 0 Å². The second-order valence-corrected chi connectivity index (χ2v) is 3.64. The van der Waals surface area contributed by atoms with Gasteiger partial charge in [0.05, 0.1) is 4.92 Å². The SMILES string of the molecule is CC.O=[N+]([O-])c1ccc(C#CSI)nc1. The molecule has 0 aliphatic rings. The van der Waals surface area contributed by atoms with Gasteiger partial charge in [0.2, 0.25) is 0 Å². The van der Waals surface area contributed by atoms with Crippen LogP contribution in [0, 0.1) is 21.3 Å². The summed E-state index contributed by atoms with van der Waals surface area (Å²) >= 11 is 2.04. The molecule has 0 fully saturated rings. The van der Waals surface area contributed by atoms with E-state index >= 15 is 0 Å². The Morgan fingerprint density at radius 1 is 1.53 bits per heavy atom. The summed E-state index contributed by atoms with van der Waals surface area (Å²) in [5, 5.41) is 13.0. The van der Waals surface area contributed by atoms with Crippen LogP contribution in [0.2, 0.25) is 0 Å². The normalized spacial score (nSPS) is 7.93. The molecule has 80 valence electrons. The number of nitro groups is 1.